The Hall–Kier alpha value is -2.60. The molecule has 0 saturated carbocycles. The van der Waals surface area contributed by atoms with Gasteiger partial charge in [-0.2, -0.15) is 0 Å². The molecule has 0 bridgehead atoms. The zero-order chi connectivity index (χ0) is 16.2. The highest BCUT2D eigenvalue weighted by atomic mass is 16.3. The van der Waals surface area contributed by atoms with Crippen molar-refractivity contribution in [2.24, 2.45) is 0 Å². The molecule has 6 heteroatoms. The quantitative estimate of drug-likeness (QED) is 0.904. The van der Waals surface area contributed by atoms with Crippen LogP contribution in [0.5, 0.6) is 0 Å². The number of hydrogen-bond acceptors (Lipinski definition) is 4. The Labute approximate surface area is 133 Å². The molecular formula is C17H18N2O4. The summed E-state index contributed by atoms with van der Waals surface area (Å²) in [6.07, 6.45) is 2.85. The molecule has 1 unspecified atom stereocenters. The lowest BCUT2D eigenvalue weighted by atomic mass is 10.1. The Morgan fingerprint density at radius 1 is 1.30 bits per heavy atom. The maximum absolute atomic E-state index is 12.5. The average Bonchev–Trinajstić information content (AvgIpc) is 3.25. The van der Waals surface area contributed by atoms with Gasteiger partial charge in [-0.25, -0.2) is 0 Å². The van der Waals surface area contributed by atoms with Crippen LogP contribution in [-0.4, -0.2) is 34.4 Å². The van der Waals surface area contributed by atoms with Crippen molar-refractivity contribution in [1.29, 1.82) is 0 Å². The smallest absolute Gasteiger partial charge is 0.290 e. The topological polar surface area (TPSA) is 82.8 Å². The minimum Gasteiger partial charge on any atom is -0.459 e. The van der Waals surface area contributed by atoms with Crippen molar-refractivity contribution < 1.29 is 19.1 Å². The van der Waals surface area contributed by atoms with Crippen molar-refractivity contribution in [2.45, 2.75) is 25.5 Å². The van der Waals surface area contributed by atoms with Gasteiger partial charge in [-0.3, -0.25) is 9.59 Å². The molecule has 3 rings (SSSR count). The van der Waals surface area contributed by atoms with Crippen LogP contribution in [0.25, 0.3) is 0 Å². The number of aliphatic hydroxyl groups is 1. The minimum atomic E-state index is -0.509. The Morgan fingerprint density at radius 2 is 2.17 bits per heavy atom. The van der Waals surface area contributed by atoms with E-state index in [1.807, 2.05) is 0 Å². The highest BCUT2D eigenvalue weighted by Gasteiger charge is 2.35. The predicted octanol–water partition coefficient (Wildman–Crippen LogP) is 2.02. The van der Waals surface area contributed by atoms with Crippen molar-refractivity contribution in [1.82, 2.24) is 4.90 Å². The number of nitrogens with zero attached hydrogens (tertiary/aromatic N) is 1. The molecule has 23 heavy (non-hydrogen) atoms. The summed E-state index contributed by atoms with van der Waals surface area (Å²) in [6.45, 7) is 0.449. The largest absolute Gasteiger partial charge is 0.459 e. The van der Waals surface area contributed by atoms with Gasteiger partial charge in [0.05, 0.1) is 12.9 Å². The van der Waals surface area contributed by atoms with Crippen LogP contribution in [0.1, 0.15) is 29.0 Å². The molecule has 0 spiro atoms. The summed E-state index contributed by atoms with van der Waals surface area (Å²) < 4.78 is 5.13. The number of furan rings is 1. The van der Waals surface area contributed by atoms with Crippen LogP contribution in [0.2, 0.25) is 0 Å². The molecule has 1 fully saturated rings. The van der Waals surface area contributed by atoms with Crippen molar-refractivity contribution in [2.75, 3.05) is 11.9 Å². The highest BCUT2D eigenvalue weighted by Crippen LogP contribution is 2.22. The molecule has 0 aliphatic carbocycles. The first-order valence-electron chi connectivity index (χ1n) is 7.54. The summed E-state index contributed by atoms with van der Waals surface area (Å²) in [7, 11) is 0. The van der Waals surface area contributed by atoms with Crippen molar-refractivity contribution in [3.05, 3.63) is 54.0 Å². The molecule has 2 aromatic rings. The minimum absolute atomic E-state index is 0.0871. The predicted molar refractivity (Wildman–Crippen MR) is 83.8 cm³/mol. The molecular weight excluding hydrogens is 296 g/mol. The molecule has 1 atom stereocenters. The summed E-state index contributed by atoms with van der Waals surface area (Å²) in [5, 5.41) is 12.0. The van der Waals surface area contributed by atoms with E-state index in [9.17, 15) is 9.59 Å². The van der Waals surface area contributed by atoms with Gasteiger partial charge in [-0.05, 0) is 42.7 Å². The van der Waals surface area contributed by atoms with E-state index in [4.69, 9.17) is 9.52 Å². The standard InChI is InChI=1S/C17H18N2O4/c20-11-12-4-1-5-13(10-12)18-16(21)14-6-2-8-19(14)17(22)15-7-3-9-23-15/h1,3-5,7,9-10,14,20H,2,6,8,11H2,(H,18,21). The van der Waals surface area contributed by atoms with Crippen molar-refractivity contribution in [3.63, 3.8) is 0 Å². The second-order valence-electron chi connectivity index (χ2n) is 5.48. The van der Waals surface area contributed by atoms with E-state index in [-0.39, 0.29) is 24.2 Å². The number of aliphatic hydroxyl groups excluding tert-OH is 1. The van der Waals surface area contributed by atoms with Gasteiger partial charge in [-0.1, -0.05) is 12.1 Å². The highest BCUT2D eigenvalue weighted by molar-refractivity contribution is 6.00. The maximum Gasteiger partial charge on any atom is 0.290 e. The summed E-state index contributed by atoms with van der Waals surface area (Å²) in [4.78, 5) is 26.4. The van der Waals surface area contributed by atoms with E-state index < -0.39 is 6.04 Å². The van der Waals surface area contributed by atoms with Gasteiger partial charge >= 0.3 is 0 Å². The van der Waals surface area contributed by atoms with Gasteiger partial charge in [0.25, 0.3) is 5.91 Å². The molecule has 2 N–H and O–H groups in total. The second kappa shape index (κ2) is 6.66. The molecule has 2 heterocycles. The van der Waals surface area contributed by atoms with E-state index in [2.05, 4.69) is 5.32 Å². The number of amides is 2. The van der Waals surface area contributed by atoms with Crippen LogP contribution in [0.3, 0.4) is 0 Å². The van der Waals surface area contributed by atoms with Gasteiger partial charge in [0.15, 0.2) is 5.76 Å². The molecule has 0 radical (unpaired) electrons. The number of benzene rings is 1. The Balaban J connectivity index is 1.71. The third-order valence-corrected chi connectivity index (χ3v) is 3.93. The number of hydrogen-bond donors (Lipinski definition) is 2. The first-order valence-corrected chi connectivity index (χ1v) is 7.54. The molecule has 1 aliphatic heterocycles. The third-order valence-electron chi connectivity index (χ3n) is 3.93. The summed E-state index contributed by atoms with van der Waals surface area (Å²) in [5.74, 6) is -0.249. The Morgan fingerprint density at radius 3 is 2.91 bits per heavy atom. The molecule has 1 aromatic carbocycles. The van der Waals surface area contributed by atoms with Crippen LogP contribution in [0.4, 0.5) is 5.69 Å². The lowest BCUT2D eigenvalue weighted by Crippen LogP contribution is -2.43. The van der Waals surface area contributed by atoms with Crippen LogP contribution in [0.15, 0.2) is 47.1 Å². The zero-order valence-electron chi connectivity index (χ0n) is 12.6. The van der Waals surface area contributed by atoms with Crippen LogP contribution >= 0.6 is 0 Å². The number of carbonyl (C=O) groups is 2. The van der Waals surface area contributed by atoms with Gasteiger partial charge in [0, 0.05) is 12.2 Å². The van der Waals surface area contributed by atoms with Gasteiger partial charge in [-0.15, -0.1) is 0 Å². The second-order valence-corrected chi connectivity index (χ2v) is 5.48. The molecule has 6 nitrogen and oxygen atoms in total. The van der Waals surface area contributed by atoms with Gasteiger partial charge in [0.1, 0.15) is 6.04 Å². The number of anilines is 1. The average molecular weight is 314 g/mol. The Kier molecular flexibility index (Phi) is 4.43. The van der Waals surface area contributed by atoms with E-state index in [0.29, 0.717) is 18.7 Å². The SMILES string of the molecule is O=C(Nc1cccc(CO)c1)C1CCCN1C(=O)c1ccco1. The van der Waals surface area contributed by atoms with Gasteiger partial charge < -0.3 is 19.7 Å². The van der Waals surface area contributed by atoms with E-state index >= 15 is 0 Å². The van der Waals surface area contributed by atoms with Gasteiger partial charge in [0.2, 0.25) is 5.91 Å². The van der Waals surface area contributed by atoms with E-state index in [0.717, 1.165) is 12.0 Å². The molecule has 120 valence electrons. The number of nitrogens with one attached hydrogen (secondary N) is 1. The zero-order valence-corrected chi connectivity index (χ0v) is 12.6. The lowest BCUT2D eigenvalue weighted by Gasteiger charge is -2.23. The van der Waals surface area contributed by atoms with Crippen LogP contribution < -0.4 is 5.32 Å². The summed E-state index contributed by atoms with van der Waals surface area (Å²) in [5.41, 5.74) is 1.33. The van der Waals surface area contributed by atoms with Crippen LogP contribution in [-0.2, 0) is 11.4 Å². The summed E-state index contributed by atoms with van der Waals surface area (Å²) in [6, 6.07) is 9.75. The normalized spacial score (nSPS) is 17.3. The molecule has 1 aliphatic rings. The number of carbonyl (C=O) groups excluding carboxylic acids is 2. The Bertz CT molecular complexity index is 696. The van der Waals surface area contributed by atoms with Crippen molar-refractivity contribution >= 4 is 17.5 Å². The summed E-state index contributed by atoms with van der Waals surface area (Å²) >= 11 is 0. The van der Waals surface area contributed by atoms with E-state index in [1.54, 1.807) is 41.3 Å². The van der Waals surface area contributed by atoms with Crippen LogP contribution in [0, 0.1) is 0 Å². The number of rotatable bonds is 4. The first-order chi connectivity index (χ1) is 11.2. The third kappa shape index (κ3) is 3.27. The molecule has 1 saturated heterocycles. The fourth-order valence-corrected chi connectivity index (χ4v) is 2.80. The number of likely N-dealkylation sites (tertiary alicyclic amines) is 1. The fraction of sp³-hybridized carbons (Fsp3) is 0.294. The molecule has 1 aromatic heterocycles. The lowest BCUT2D eigenvalue weighted by molar-refractivity contribution is -0.119. The first kappa shape index (κ1) is 15.3. The monoisotopic (exact) mass is 314 g/mol. The van der Waals surface area contributed by atoms with Crippen molar-refractivity contribution in [3.8, 4) is 0 Å². The molecule has 2 amide bonds. The maximum atomic E-state index is 12.5. The fourth-order valence-electron chi connectivity index (χ4n) is 2.80. The van der Waals surface area contributed by atoms with E-state index in [1.165, 1.54) is 6.26 Å².